The maximum absolute atomic E-state index is 12.8. The quantitative estimate of drug-likeness (QED) is 0.393. The van der Waals surface area contributed by atoms with Crippen LogP contribution in [-0.4, -0.2) is 37.1 Å². The number of rotatable bonds is 7. The van der Waals surface area contributed by atoms with Gasteiger partial charge < -0.3 is 24.7 Å². The fourth-order valence-electron chi connectivity index (χ4n) is 4.23. The summed E-state index contributed by atoms with van der Waals surface area (Å²) in [5.41, 5.74) is 2.61. The van der Waals surface area contributed by atoms with Crippen LogP contribution in [0.2, 0.25) is 0 Å². The first-order valence-electron chi connectivity index (χ1n) is 11.6. The number of hydrogen-bond donors (Lipinski definition) is 2. The van der Waals surface area contributed by atoms with Crippen LogP contribution in [0.4, 0.5) is 11.7 Å². The van der Waals surface area contributed by atoms with Crippen molar-refractivity contribution in [2.45, 2.75) is 19.4 Å². The molecule has 3 aromatic carbocycles. The molecule has 1 fully saturated rings. The Morgan fingerprint density at radius 1 is 1.12 bits per heavy atom. The number of fused-ring (bicyclic) bond motifs is 1. The molecule has 1 amide bonds. The van der Waals surface area contributed by atoms with Crippen molar-refractivity contribution < 1.29 is 13.9 Å². The van der Waals surface area contributed by atoms with Crippen molar-refractivity contribution in [2.75, 3.05) is 30.4 Å². The van der Waals surface area contributed by atoms with E-state index in [4.69, 9.17) is 9.15 Å². The zero-order valence-electron chi connectivity index (χ0n) is 19.3. The molecule has 0 saturated carbocycles. The van der Waals surface area contributed by atoms with Gasteiger partial charge in [-0.05, 0) is 86.9 Å². The molecule has 5 rings (SSSR count). The average Bonchev–Trinajstić information content (AvgIpc) is 3.54. The highest BCUT2D eigenvalue weighted by Gasteiger charge is 2.26. The summed E-state index contributed by atoms with van der Waals surface area (Å²) in [4.78, 5) is 19.5. The third-order valence-electron chi connectivity index (χ3n) is 6.42. The number of anilines is 2. The minimum atomic E-state index is -0.200. The van der Waals surface area contributed by atoms with Crippen LogP contribution in [0, 0.1) is 5.92 Å². The van der Waals surface area contributed by atoms with Gasteiger partial charge >= 0.3 is 0 Å². The van der Waals surface area contributed by atoms with Gasteiger partial charge in [-0.25, -0.2) is 0 Å². The Bertz CT molecular complexity index is 1260. The highest BCUT2D eigenvalue weighted by molar-refractivity contribution is 6.05. The smallest absolute Gasteiger partial charge is 0.298 e. The lowest BCUT2D eigenvalue weighted by Crippen LogP contribution is -2.36. The number of ether oxygens (including phenoxy) is 1. The fraction of sp³-hybridized carbons (Fsp3) is 0.259. The lowest BCUT2D eigenvalue weighted by Gasteiger charge is -2.27. The van der Waals surface area contributed by atoms with E-state index in [0.29, 0.717) is 46.1 Å². The molecule has 1 saturated heterocycles. The van der Waals surface area contributed by atoms with Crippen molar-refractivity contribution in [1.29, 1.82) is 0 Å². The molecule has 1 aliphatic heterocycles. The van der Waals surface area contributed by atoms with Gasteiger partial charge in [0.05, 0.1) is 0 Å². The van der Waals surface area contributed by atoms with E-state index in [1.54, 1.807) is 24.3 Å². The number of hydrogen-bond acceptors (Lipinski definition) is 6. The van der Waals surface area contributed by atoms with E-state index in [-0.39, 0.29) is 5.91 Å². The summed E-state index contributed by atoms with van der Waals surface area (Å²) in [6, 6.07) is 23.0. The zero-order valence-corrected chi connectivity index (χ0v) is 19.3. The van der Waals surface area contributed by atoms with Gasteiger partial charge in [0.1, 0.15) is 17.0 Å². The third-order valence-corrected chi connectivity index (χ3v) is 6.42. The molecule has 2 heterocycles. The second-order valence-corrected chi connectivity index (χ2v) is 8.68. The lowest BCUT2D eigenvalue weighted by atomic mass is 10.00. The summed E-state index contributed by atoms with van der Waals surface area (Å²) in [7, 11) is 2.02. The number of carbonyl (C=O) groups excluding carboxylic acids is 1. The van der Waals surface area contributed by atoms with Crippen LogP contribution in [0.1, 0.15) is 23.7 Å². The Kier molecular flexibility index (Phi) is 6.18. The van der Waals surface area contributed by atoms with Crippen molar-refractivity contribution >= 4 is 28.7 Å². The highest BCUT2D eigenvalue weighted by atomic mass is 16.5. The minimum absolute atomic E-state index is 0.200. The SMILES string of the molecule is CC(C1CCNC1)N(C)c1nc2cc(NC(=O)c3ccc(Oc4ccccc4)cc3)ccc2o1. The molecule has 0 spiro atoms. The summed E-state index contributed by atoms with van der Waals surface area (Å²) in [6.45, 7) is 4.28. The molecule has 0 aliphatic carbocycles. The van der Waals surface area contributed by atoms with Gasteiger partial charge in [-0.2, -0.15) is 4.98 Å². The van der Waals surface area contributed by atoms with Crippen LogP contribution in [0.25, 0.3) is 11.1 Å². The molecule has 174 valence electrons. The van der Waals surface area contributed by atoms with E-state index in [1.165, 1.54) is 0 Å². The summed E-state index contributed by atoms with van der Waals surface area (Å²) in [5, 5.41) is 6.36. The Balaban J connectivity index is 1.25. The summed E-state index contributed by atoms with van der Waals surface area (Å²) >= 11 is 0. The van der Waals surface area contributed by atoms with Gasteiger partial charge in [-0.15, -0.1) is 0 Å². The van der Waals surface area contributed by atoms with Gasteiger partial charge in [0.15, 0.2) is 5.58 Å². The highest BCUT2D eigenvalue weighted by Crippen LogP contribution is 2.28. The van der Waals surface area contributed by atoms with Crippen LogP contribution >= 0.6 is 0 Å². The minimum Gasteiger partial charge on any atom is -0.457 e. The third kappa shape index (κ3) is 4.75. The monoisotopic (exact) mass is 456 g/mol. The van der Waals surface area contributed by atoms with Crippen molar-refractivity contribution in [3.05, 3.63) is 78.4 Å². The first kappa shape index (κ1) is 22.0. The number of para-hydroxylation sites is 1. The van der Waals surface area contributed by atoms with Crippen molar-refractivity contribution in [3.63, 3.8) is 0 Å². The summed E-state index contributed by atoms with van der Waals surface area (Å²) in [6.07, 6.45) is 1.15. The average molecular weight is 457 g/mol. The molecule has 7 nitrogen and oxygen atoms in total. The van der Waals surface area contributed by atoms with Crippen molar-refractivity contribution in [3.8, 4) is 11.5 Å². The molecule has 2 atom stereocenters. The first-order chi connectivity index (χ1) is 16.6. The molecule has 1 aromatic heterocycles. The number of nitrogens with one attached hydrogen (secondary N) is 2. The summed E-state index contributed by atoms with van der Waals surface area (Å²) < 4.78 is 11.8. The number of oxazole rings is 1. The molecule has 1 aliphatic rings. The molecule has 7 heteroatoms. The Hall–Kier alpha value is -3.84. The molecule has 0 radical (unpaired) electrons. The Labute approximate surface area is 198 Å². The van der Waals surface area contributed by atoms with Crippen LogP contribution in [-0.2, 0) is 0 Å². The Morgan fingerprint density at radius 2 is 1.88 bits per heavy atom. The van der Waals surface area contributed by atoms with E-state index in [2.05, 4.69) is 27.4 Å². The van der Waals surface area contributed by atoms with Gasteiger partial charge in [0.25, 0.3) is 11.9 Å². The van der Waals surface area contributed by atoms with Gasteiger partial charge in [0.2, 0.25) is 0 Å². The number of carbonyl (C=O) groups is 1. The molecule has 0 bridgehead atoms. The van der Waals surface area contributed by atoms with E-state index in [9.17, 15) is 4.79 Å². The van der Waals surface area contributed by atoms with Crippen LogP contribution in [0.15, 0.2) is 77.2 Å². The van der Waals surface area contributed by atoms with Crippen LogP contribution in [0.3, 0.4) is 0 Å². The van der Waals surface area contributed by atoms with Gasteiger partial charge in [0, 0.05) is 24.3 Å². The molecular weight excluding hydrogens is 428 g/mol. The largest absolute Gasteiger partial charge is 0.457 e. The van der Waals surface area contributed by atoms with Gasteiger partial charge in [-0.1, -0.05) is 18.2 Å². The molecule has 34 heavy (non-hydrogen) atoms. The predicted molar refractivity (Wildman–Crippen MR) is 134 cm³/mol. The number of nitrogens with zero attached hydrogens (tertiary/aromatic N) is 2. The normalized spacial score (nSPS) is 16.4. The van der Waals surface area contributed by atoms with Crippen LogP contribution in [0.5, 0.6) is 11.5 Å². The number of benzene rings is 3. The number of amides is 1. The van der Waals surface area contributed by atoms with E-state index >= 15 is 0 Å². The molecule has 2 unspecified atom stereocenters. The van der Waals surface area contributed by atoms with Crippen LogP contribution < -0.4 is 20.3 Å². The van der Waals surface area contributed by atoms with E-state index in [0.717, 1.165) is 25.3 Å². The molecule has 2 N–H and O–H groups in total. The van der Waals surface area contributed by atoms with Gasteiger partial charge in [-0.3, -0.25) is 4.79 Å². The van der Waals surface area contributed by atoms with Crippen molar-refractivity contribution in [2.24, 2.45) is 5.92 Å². The maximum Gasteiger partial charge on any atom is 0.298 e. The zero-order chi connectivity index (χ0) is 23.5. The molecule has 4 aromatic rings. The summed E-state index contributed by atoms with van der Waals surface area (Å²) in [5.74, 6) is 1.79. The predicted octanol–water partition coefficient (Wildman–Crippen LogP) is 5.31. The lowest BCUT2D eigenvalue weighted by molar-refractivity contribution is 0.102. The Morgan fingerprint density at radius 3 is 2.62 bits per heavy atom. The van der Waals surface area contributed by atoms with E-state index in [1.807, 2.05) is 55.6 Å². The van der Waals surface area contributed by atoms with E-state index < -0.39 is 0 Å². The topological polar surface area (TPSA) is 79.6 Å². The standard InChI is InChI=1S/C27H28N4O3/c1-18(20-14-15-28-17-20)31(2)27-30-24-16-21(10-13-25(24)34-27)29-26(32)19-8-11-23(12-9-19)33-22-6-4-3-5-7-22/h3-13,16,18,20,28H,14-15,17H2,1-2H3,(H,29,32). The number of aromatic nitrogens is 1. The fourth-order valence-corrected chi connectivity index (χ4v) is 4.23. The second-order valence-electron chi connectivity index (χ2n) is 8.68. The second kappa shape index (κ2) is 9.57. The first-order valence-corrected chi connectivity index (χ1v) is 11.6. The molecular formula is C27H28N4O3. The van der Waals surface area contributed by atoms with Crippen molar-refractivity contribution in [1.82, 2.24) is 10.3 Å². The maximum atomic E-state index is 12.8.